The second-order valence-corrected chi connectivity index (χ2v) is 9.70. The van der Waals surface area contributed by atoms with E-state index >= 15 is 0 Å². The Morgan fingerprint density at radius 3 is 2.37 bits per heavy atom. The third-order valence-electron chi connectivity index (χ3n) is 6.61. The number of hydrogen-bond donors (Lipinski definition) is 1. The van der Waals surface area contributed by atoms with E-state index in [1.807, 2.05) is 12.1 Å². The summed E-state index contributed by atoms with van der Waals surface area (Å²) in [7, 11) is 0. The fraction of sp³-hybridized carbons (Fsp3) is 0.600. The minimum Gasteiger partial charge on any atom is -0.326 e. The first-order valence-electron chi connectivity index (χ1n) is 11.8. The van der Waals surface area contributed by atoms with E-state index in [0.717, 1.165) is 22.6 Å². The summed E-state index contributed by atoms with van der Waals surface area (Å²) in [5, 5.41) is 5.26. The summed E-state index contributed by atoms with van der Waals surface area (Å²) in [6.45, 7) is 2.14. The Kier molecular flexibility index (Phi) is 7.42. The summed E-state index contributed by atoms with van der Waals surface area (Å²) in [4.78, 5) is 19.1. The number of amides is 1. The largest absolute Gasteiger partial charge is 0.326 e. The van der Waals surface area contributed by atoms with Crippen LogP contribution in [0.1, 0.15) is 88.4 Å². The van der Waals surface area contributed by atoms with Gasteiger partial charge in [0.2, 0.25) is 5.91 Å². The van der Waals surface area contributed by atoms with Crippen LogP contribution in [0.3, 0.4) is 0 Å². The summed E-state index contributed by atoms with van der Waals surface area (Å²) in [5.41, 5.74) is 3.29. The molecule has 2 aliphatic rings. The van der Waals surface area contributed by atoms with Crippen LogP contribution >= 0.6 is 11.3 Å². The number of anilines is 1. The van der Waals surface area contributed by atoms with Gasteiger partial charge in [0, 0.05) is 22.8 Å². The van der Waals surface area contributed by atoms with E-state index in [0.29, 0.717) is 18.5 Å². The van der Waals surface area contributed by atoms with E-state index in [1.54, 1.807) is 11.3 Å². The number of aromatic nitrogens is 1. The maximum Gasteiger partial charge on any atom is 0.230 e. The highest BCUT2D eigenvalue weighted by atomic mass is 32.1. The summed E-state index contributed by atoms with van der Waals surface area (Å²) in [6, 6.07) is 9.14. The predicted molar refractivity (Wildman–Crippen MR) is 125 cm³/mol. The molecule has 0 atom stereocenters. The summed E-state index contributed by atoms with van der Waals surface area (Å²) in [5.74, 6) is 0.0609. The molecule has 4 rings (SSSR count). The fourth-order valence-electron chi connectivity index (χ4n) is 4.87. The van der Waals surface area contributed by atoms with Crippen LogP contribution in [0.2, 0.25) is 0 Å². The molecule has 0 aliphatic heterocycles. The first-order valence-corrected chi connectivity index (χ1v) is 12.7. The molecule has 0 unspecified atom stereocenters. The molecular formula is C25H35N3OS. The Balaban J connectivity index is 1.53. The third-order valence-corrected chi connectivity index (χ3v) is 7.51. The zero-order valence-corrected chi connectivity index (χ0v) is 19.1. The second-order valence-electron chi connectivity index (χ2n) is 8.87. The number of thiazole rings is 1. The van der Waals surface area contributed by atoms with Crippen LogP contribution in [0.5, 0.6) is 0 Å². The summed E-state index contributed by atoms with van der Waals surface area (Å²) >= 11 is 1.73. The molecule has 0 bridgehead atoms. The maximum atomic E-state index is 12.8. The monoisotopic (exact) mass is 425 g/mol. The maximum absolute atomic E-state index is 12.8. The zero-order valence-electron chi connectivity index (χ0n) is 18.2. The Morgan fingerprint density at radius 1 is 1.03 bits per heavy atom. The molecule has 30 heavy (non-hydrogen) atoms. The second kappa shape index (κ2) is 10.4. The quantitative estimate of drug-likeness (QED) is 0.603. The van der Waals surface area contributed by atoms with Gasteiger partial charge in [-0.3, -0.25) is 9.79 Å². The predicted octanol–water partition coefficient (Wildman–Crippen LogP) is 6.03. The van der Waals surface area contributed by atoms with Crippen molar-refractivity contribution in [2.45, 2.75) is 96.1 Å². The first kappa shape index (κ1) is 21.4. The topological polar surface area (TPSA) is 46.4 Å². The van der Waals surface area contributed by atoms with Crippen LogP contribution in [0.4, 0.5) is 5.69 Å². The van der Waals surface area contributed by atoms with Gasteiger partial charge in [-0.25, -0.2) is 0 Å². The van der Waals surface area contributed by atoms with Gasteiger partial charge in [-0.05, 0) is 49.8 Å². The van der Waals surface area contributed by atoms with Crippen molar-refractivity contribution in [3.63, 3.8) is 0 Å². The van der Waals surface area contributed by atoms with Gasteiger partial charge >= 0.3 is 0 Å². The van der Waals surface area contributed by atoms with Gasteiger partial charge in [-0.2, -0.15) is 0 Å². The molecule has 1 heterocycles. The number of carbonyl (C=O) groups is 1. The van der Waals surface area contributed by atoms with Gasteiger partial charge in [0.1, 0.15) is 0 Å². The van der Waals surface area contributed by atoms with Gasteiger partial charge in [-0.15, -0.1) is 11.3 Å². The Labute approximate surface area is 184 Å². The highest BCUT2D eigenvalue weighted by Gasteiger charge is 2.22. The lowest BCUT2D eigenvalue weighted by Gasteiger charge is -2.26. The molecular weight excluding hydrogens is 390 g/mol. The van der Waals surface area contributed by atoms with Gasteiger partial charge < -0.3 is 9.88 Å². The number of nitrogens with zero attached hydrogens (tertiary/aromatic N) is 2. The Bertz CT molecular complexity index is 884. The summed E-state index contributed by atoms with van der Waals surface area (Å²) in [6.07, 6.45) is 14.1. The van der Waals surface area contributed by atoms with E-state index in [4.69, 9.17) is 4.99 Å². The van der Waals surface area contributed by atoms with E-state index in [1.165, 1.54) is 69.8 Å². The number of rotatable bonds is 6. The van der Waals surface area contributed by atoms with E-state index in [2.05, 4.69) is 34.3 Å². The summed E-state index contributed by atoms with van der Waals surface area (Å²) < 4.78 is 2.43. The molecule has 2 fully saturated rings. The standard InChI is InChI=1S/C25H35N3OS/c1-2-19-13-15-21(16-14-19)26-24(29)17-23-18-30-25(27-20-9-5-3-6-10-20)28(23)22-11-7-4-8-12-22/h13-16,18,20,22H,2-12,17H2,1H3,(H,26,29). The Morgan fingerprint density at radius 2 is 1.70 bits per heavy atom. The smallest absolute Gasteiger partial charge is 0.230 e. The van der Waals surface area contributed by atoms with Crippen molar-refractivity contribution < 1.29 is 4.79 Å². The average molecular weight is 426 g/mol. The SMILES string of the molecule is CCc1ccc(NC(=O)Cc2csc(=NC3CCCCC3)n2C2CCCCC2)cc1. The van der Waals surface area contributed by atoms with Gasteiger partial charge in [0.25, 0.3) is 0 Å². The normalized spacial score (nSPS) is 19.2. The highest BCUT2D eigenvalue weighted by molar-refractivity contribution is 7.07. The molecule has 1 aromatic heterocycles. The molecule has 0 radical (unpaired) electrons. The van der Waals surface area contributed by atoms with Crippen molar-refractivity contribution in [3.8, 4) is 0 Å². The molecule has 1 amide bonds. The van der Waals surface area contributed by atoms with Crippen LogP contribution in [0.25, 0.3) is 0 Å². The van der Waals surface area contributed by atoms with Crippen LogP contribution in [-0.2, 0) is 17.6 Å². The molecule has 2 aromatic rings. The van der Waals surface area contributed by atoms with Crippen LogP contribution in [-0.4, -0.2) is 16.5 Å². The molecule has 2 saturated carbocycles. The van der Waals surface area contributed by atoms with Gasteiger partial charge in [0.15, 0.2) is 4.80 Å². The molecule has 1 aromatic carbocycles. The minimum absolute atomic E-state index is 0.0609. The van der Waals surface area contributed by atoms with E-state index in [-0.39, 0.29) is 5.91 Å². The highest BCUT2D eigenvalue weighted by Crippen LogP contribution is 2.29. The number of carbonyl (C=O) groups excluding carboxylic acids is 1. The zero-order chi connectivity index (χ0) is 20.8. The molecule has 0 saturated heterocycles. The van der Waals surface area contributed by atoms with Crippen molar-refractivity contribution in [1.29, 1.82) is 0 Å². The number of nitrogens with one attached hydrogen (secondary N) is 1. The molecule has 1 N–H and O–H groups in total. The van der Waals surface area contributed by atoms with Crippen LogP contribution in [0, 0.1) is 0 Å². The van der Waals surface area contributed by atoms with E-state index < -0.39 is 0 Å². The molecule has 162 valence electrons. The van der Waals surface area contributed by atoms with Crippen molar-refractivity contribution in [3.05, 3.63) is 45.7 Å². The third kappa shape index (κ3) is 5.42. The van der Waals surface area contributed by atoms with Crippen LogP contribution < -0.4 is 10.1 Å². The molecule has 2 aliphatic carbocycles. The molecule has 4 nitrogen and oxygen atoms in total. The van der Waals surface area contributed by atoms with E-state index in [9.17, 15) is 4.79 Å². The van der Waals surface area contributed by atoms with Crippen molar-refractivity contribution in [1.82, 2.24) is 4.57 Å². The molecule has 0 spiro atoms. The first-order chi connectivity index (χ1) is 14.7. The minimum atomic E-state index is 0.0609. The number of hydrogen-bond acceptors (Lipinski definition) is 3. The lowest BCUT2D eigenvalue weighted by atomic mass is 9.95. The lowest BCUT2D eigenvalue weighted by Crippen LogP contribution is -2.28. The number of aryl methyl sites for hydroxylation is 1. The van der Waals surface area contributed by atoms with Gasteiger partial charge in [0.05, 0.1) is 12.5 Å². The van der Waals surface area contributed by atoms with Crippen LogP contribution in [0.15, 0.2) is 34.6 Å². The van der Waals surface area contributed by atoms with Crippen molar-refractivity contribution in [2.75, 3.05) is 5.32 Å². The number of benzene rings is 1. The van der Waals surface area contributed by atoms with Crippen molar-refractivity contribution in [2.24, 2.45) is 4.99 Å². The average Bonchev–Trinajstić information content (AvgIpc) is 3.17. The van der Waals surface area contributed by atoms with Crippen molar-refractivity contribution >= 4 is 22.9 Å². The molecule has 5 heteroatoms. The van der Waals surface area contributed by atoms with Gasteiger partial charge in [-0.1, -0.05) is 57.6 Å². The fourth-order valence-corrected chi connectivity index (χ4v) is 5.89. The Hall–Kier alpha value is -1.88. The lowest BCUT2D eigenvalue weighted by molar-refractivity contribution is -0.115.